The van der Waals surface area contributed by atoms with E-state index >= 15 is 0 Å². The fourth-order valence-corrected chi connectivity index (χ4v) is 3.00. The first-order valence-electron chi connectivity index (χ1n) is 5.29. The van der Waals surface area contributed by atoms with Crippen molar-refractivity contribution in [2.24, 2.45) is 11.3 Å². The summed E-state index contributed by atoms with van der Waals surface area (Å²) in [5.41, 5.74) is -0.136. The summed E-state index contributed by atoms with van der Waals surface area (Å²) in [4.78, 5) is 0. The van der Waals surface area contributed by atoms with Crippen LogP contribution in [0.4, 0.5) is 0 Å². The van der Waals surface area contributed by atoms with Crippen molar-refractivity contribution in [2.75, 3.05) is 0 Å². The van der Waals surface area contributed by atoms with Crippen LogP contribution in [-0.2, 0) is 0 Å². The summed E-state index contributed by atoms with van der Waals surface area (Å²) < 4.78 is 0. The van der Waals surface area contributed by atoms with Crippen LogP contribution in [0.5, 0.6) is 0 Å². The average Bonchev–Trinajstić information content (AvgIpc) is 2.03. The highest BCUT2D eigenvalue weighted by Crippen LogP contribution is 2.54. The normalized spacial score (nSPS) is 41.2. The topological polar surface area (TPSA) is 20.2 Å². The minimum atomic E-state index is -0.314. The quantitative estimate of drug-likeness (QED) is 0.638. The van der Waals surface area contributed by atoms with Crippen molar-refractivity contribution in [3.05, 3.63) is 0 Å². The maximum Gasteiger partial charge on any atom is 0.0726 e. The smallest absolute Gasteiger partial charge is 0.0726 e. The molecule has 1 N–H and O–H groups in total. The predicted octanol–water partition coefficient (Wildman–Crippen LogP) is 2.73. The second kappa shape index (κ2) is 2.47. The van der Waals surface area contributed by atoms with Gasteiger partial charge in [0.05, 0.1) is 5.60 Å². The molecule has 0 heterocycles. The molecule has 0 aromatic heterocycles. The van der Waals surface area contributed by atoms with Gasteiger partial charge in [-0.3, -0.25) is 0 Å². The first-order valence-corrected chi connectivity index (χ1v) is 5.29. The summed E-state index contributed by atoms with van der Waals surface area (Å²) in [6, 6.07) is 0. The summed E-state index contributed by atoms with van der Waals surface area (Å²) >= 11 is 0. The Balaban J connectivity index is 2.17. The van der Waals surface area contributed by atoms with Crippen molar-refractivity contribution in [2.45, 2.75) is 58.0 Å². The Labute approximate surface area is 75.2 Å². The number of hydrogen-bond donors (Lipinski definition) is 1. The van der Waals surface area contributed by atoms with Gasteiger partial charge in [0.25, 0.3) is 0 Å². The van der Waals surface area contributed by atoms with Gasteiger partial charge in [0.15, 0.2) is 0 Å². The molecule has 0 aromatic carbocycles. The zero-order valence-corrected chi connectivity index (χ0v) is 8.27. The Bertz CT molecular complexity index is 181. The molecule has 1 nitrogen and oxygen atoms in total. The molecule has 0 bridgehead atoms. The lowest BCUT2D eigenvalue weighted by Crippen LogP contribution is -2.49. The lowest BCUT2D eigenvalue weighted by Gasteiger charge is -2.47. The number of hydrogen-bond acceptors (Lipinski definition) is 1. The van der Waals surface area contributed by atoms with Gasteiger partial charge in [-0.25, -0.2) is 0 Å². The highest BCUT2D eigenvalue weighted by Gasteiger charge is 2.53. The minimum Gasteiger partial charge on any atom is -0.389 e. The second-order valence-electron chi connectivity index (χ2n) is 5.29. The molecule has 0 aliphatic heterocycles. The largest absolute Gasteiger partial charge is 0.389 e. The molecular formula is C11H20O. The third-order valence-corrected chi connectivity index (χ3v) is 4.31. The van der Waals surface area contributed by atoms with Crippen molar-refractivity contribution in [1.29, 1.82) is 0 Å². The average molecular weight is 168 g/mol. The van der Waals surface area contributed by atoms with Crippen LogP contribution in [-0.4, -0.2) is 10.7 Å². The molecule has 0 aromatic rings. The summed E-state index contributed by atoms with van der Waals surface area (Å²) in [5.74, 6) is 0.620. The Morgan fingerprint density at radius 3 is 2.08 bits per heavy atom. The van der Waals surface area contributed by atoms with E-state index < -0.39 is 0 Å². The van der Waals surface area contributed by atoms with Gasteiger partial charge in [-0.2, -0.15) is 0 Å². The summed E-state index contributed by atoms with van der Waals surface area (Å²) in [7, 11) is 0. The minimum absolute atomic E-state index is 0.179. The van der Waals surface area contributed by atoms with Gasteiger partial charge in [-0.15, -0.1) is 0 Å². The van der Waals surface area contributed by atoms with Gasteiger partial charge < -0.3 is 5.11 Å². The lowest BCUT2D eigenvalue weighted by atomic mass is 9.63. The van der Waals surface area contributed by atoms with Crippen LogP contribution < -0.4 is 0 Å². The van der Waals surface area contributed by atoms with Crippen LogP contribution >= 0.6 is 0 Å². The molecule has 2 aliphatic carbocycles. The highest BCUT2D eigenvalue weighted by atomic mass is 16.3. The zero-order valence-electron chi connectivity index (χ0n) is 8.27. The van der Waals surface area contributed by atoms with Crippen LogP contribution in [0, 0.1) is 11.3 Å². The molecule has 0 amide bonds. The van der Waals surface area contributed by atoms with Gasteiger partial charge in [0.1, 0.15) is 0 Å². The number of aliphatic hydroxyl groups is 1. The van der Waals surface area contributed by atoms with E-state index in [0.717, 1.165) is 6.42 Å². The molecule has 70 valence electrons. The van der Waals surface area contributed by atoms with E-state index in [-0.39, 0.29) is 11.0 Å². The summed E-state index contributed by atoms with van der Waals surface area (Å²) in [6.07, 6.45) is 7.34. The molecule has 12 heavy (non-hydrogen) atoms. The van der Waals surface area contributed by atoms with Gasteiger partial charge in [0, 0.05) is 0 Å². The van der Waals surface area contributed by atoms with Gasteiger partial charge in [-0.05, 0) is 43.4 Å². The van der Waals surface area contributed by atoms with E-state index in [9.17, 15) is 5.11 Å². The monoisotopic (exact) mass is 168 g/mol. The molecule has 1 unspecified atom stereocenters. The van der Waals surface area contributed by atoms with Crippen molar-refractivity contribution in [3.63, 3.8) is 0 Å². The summed E-state index contributed by atoms with van der Waals surface area (Å²) in [6.45, 7) is 4.47. The first-order chi connectivity index (χ1) is 5.56. The van der Waals surface area contributed by atoms with Crippen LogP contribution in [0.25, 0.3) is 0 Å². The van der Waals surface area contributed by atoms with Crippen LogP contribution in [0.3, 0.4) is 0 Å². The standard InChI is InChI=1S/C11H20O/c1-10(2)7-4-8-11(10,12)9-5-3-6-9/h9,12H,3-8H2,1-2H3. The van der Waals surface area contributed by atoms with Crippen molar-refractivity contribution in [3.8, 4) is 0 Å². The van der Waals surface area contributed by atoms with Crippen molar-refractivity contribution in [1.82, 2.24) is 0 Å². The van der Waals surface area contributed by atoms with Crippen molar-refractivity contribution < 1.29 is 5.11 Å². The van der Waals surface area contributed by atoms with Gasteiger partial charge in [0.2, 0.25) is 0 Å². The molecule has 1 atom stereocenters. The lowest BCUT2D eigenvalue weighted by molar-refractivity contribution is -0.114. The highest BCUT2D eigenvalue weighted by molar-refractivity contribution is 5.04. The Morgan fingerprint density at radius 1 is 1.08 bits per heavy atom. The van der Waals surface area contributed by atoms with E-state index in [1.807, 2.05) is 0 Å². The summed E-state index contributed by atoms with van der Waals surface area (Å²) in [5, 5.41) is 10.5. The number of rotatable bonds is 1. The maximum atomic E-state index is 10.5. The van der Waals surface area contributed by atoms with Crippen molar-refractivity contribution >= 4 is 0 Å². The Morgan fingerprint density at radius 2 is 1.75 bits per heavy atom. The van der Waals surface area contributed by atoms with E-state index in [4.69, 9.17) is 0 Å². The molecular weight excluding hydrogens is 148 g/mol. The van der Waals surface area contributed by atoms with Gasteiger partial charge in [-0.1, -0.05) is 20.3 Å². The maximum absolute atomic E-state index is 10.5. The van der Waals surface area contributed by atoms with Crippen LogP contribution in [0.15, 0.2) is 0 Å². The SMILES string of the molecule is CC1(C)CCCC1(O)C1CCC1. The van der Waals surface area contributed by atoms with Crippen LogP contribution in [0.1, 0.15) is 52.4 Å². The van der Waals surface area contributed by atoms with E-state index in [1.54, 1.807) is 0 Å². The third-order valence-electron chi connectivity index (χ3n) is 4.31. The molecule has 2 saturated carbocycles. The Kier molecular flexibility index (Phi) is 1.76. The molecule has 0 spiro atoms. The molecule has 1 heteroatoms. The van der Waals surface area contributed by atoms with E-state index in [1.165, 1.54) is 32.1 Å². The first kappa shape index (κ1) is 8.55. The van der Waals surface area contributed by atoms with Crippen LogP contribution in [0.2, 0.25) is 0 Å². The third kappa shape index (κ3) is 0.953. The second-order valence-corrected chi connectivity index (χ2v) is 5.29. The molecule has 0 radical (unpaired) electrons. The van der Waals surface area contributed by atoms with E-state index in [0.29, 0.717) is 5.92 Å². The molecule has 2 fully saturated rings. The zero-order chi connectivity index (χ0) is 8.82. The van der Waals surface area contributed by atoms with Gasteiger partial charge >= 0.3 is 0 Å². The van der Waals surface area contributed by atoms with E-state index in [2.05, 4.69) is 13.8 Å². The Hall–Kier alpha value is -0.0400. The fraction of sp³-hybridized carbons (Fsp3) is 1.00. The molecule has 0 saturated heterocycles. The fourth-order valence-electron chi connectivity index (χ4n) is 3.00. The molecule has 2 aliphatic rings. The predicted molar refractivity (Wildman–Crippen MR) is 49.9 cm³/mol. The molecule has 2 rings (SSSR count).